The van der Waals surface area contributed by atoms with Crippen LogP contribution in [0.4, 0.5) is 5.82 Å². The number of pyridine rings is 2. The van der Waals surface area contributed by atoms with Gasteiger partial charge in [0.1, 0.15) is 5.82 Å². The van der Waals surface area contributed by atoms with Crippen molar-refractivity contribution in [3.05, 3.63) is 30.1 Å². The van der Waals surface area contributed by atoms with Crippen molar-refractivity contribution in [2.24, 2.45) is 0 Å². The Morgan fingerprint density at radius 3 is 2.82 bits per heavy atom. The number of hydrogen-bond donors (Lipinski definition) is 1. The number of nitrogens with one attached hydrogen (secondary N) is 1. The highest BCUT2D eigenvalue weighted by molar-refractivity contribution is 5.81. The van der Waals surface area contributed by atoms with E-state index in [1.54, 1.807) is 6.20 Å². The lowest BCUT2D eigenvalue weighted by molar-refractivity contribution is 0.425. The number of likely N-dealkylation sites (N-methyl/N-ethyl adjacent to an activating group) is 1. The van der Waals surface area contributed by atoms with Crippen molar-refractivity contribution < 1.29 is 0 Å². The zero-order valence-electron chi connectivity index (χ0n) is 10.6. The van der Waals surface area contributed by atoms with Gasteiger partial charge in [0.15, 0.2) is 0 Å². The van der Waals surface area contributed by atoms with Gasteiger partial charge in [-0.1, -0.05) is 0 Å². The van der Waals surface area contributed by atoms with Crippen molar-refractivity contribution in [3.63, 3.8) is 0 Å². The second kappa shape index (κ2) is 5.10. The van der Waals surface area contributed by atoms with E-state index in [1.807, 2.05) is 19.1 Å². The SMILES string of the molecule is Cc1nccc2nc(NCCN(C)C)ccc12. The van der Waals surface area contributed by atoms with Gasteiger partial charge in [-0.3, -0.25) is 4.98 Å². The maximum absolute atomic E-state index is 4.56. The van der Waals surface area contributed by atoms with Gasteiger partial charge < -0.3 is 10.2 Å². The number of anilines is 1. The van der Waals surface area contributed by atoms with Crippen molar-refractivity contribution in [1.29, 1.82) is 0 Å². The van der Waals surface area contributed by atoms with E-state index in [0.717, 1.165) is 35.5 Å². The van der Waals surface area contributed by atoms with Crippen LogP contribution in [0.3, 0.4) is 0 Å². The Morgan fingerprint density at radius 1 is 1.24 bits per heavy atom. The smallest absolute Gasteiger partial charge is 0.126 e. The van der Waals surface area contributed by atoms with Crippen LogP contribution in [0.2, 0.25) is 0 Å². The third-order valence-electron chi connectivity index (χ3n) is 2.68. The molecule has 0 amide bonds. The van der Waals surface area contributed by atoms with E-state index in [1.165, 1.54) is 0 Å². The monoisotopic (exact) mass is 230 g/mol. The highest BCUT2D eigenvalue weighted by atomic mass is 15.1. The van der Waals surface area contributed by atoms with Crippen LogP contribution in [-0.2, 0) is 0 Å². The predicted molar refractivity (Wildman–Crippen MR) is 71.3 cm³/mol. The normalized spacial score (nSPS) is 11.1. The molecule has 0 saturated heterocycles. The van der Waals surface area contributed by atoms with Gasteiger partial charge in [0, 0.05) is 30.4 Å². The number of hydrogen-bond acceptors (Lipinski definition) is 4. The van der Waals surface area contributed by atoms with E-state index >= 15 is 0 Å². The quantitative estimate of drug-likeness (QED) is 0.871. The van der Waals surface area contributed by atoms with Gasteiger partial charge in [0.25, 0.3) is 0 Å². The molecule has 0 spiro atoms. The Balaban J connectivity index is 2.15. The molecule has 2 rings (SSSR count). The molecule has 90 valence electrons. The molecular formula is C13H18N4. The van der Waals surface area contributed by atoms with E-state index in [9.17, 15) is 0 Å². The van der Waals surface area contributed by atoms with Gasteiger partial charge in [-0.05, 0) is 39.2 Å². The number of nitrogens with zero attached hydrogens (tertiary/aromatic N) is 3. The standard InChI is InChI=1S/C13H18N4/c1-10-11-4-5-13(15-8-9-17(2)3)16-12(11)6-7-14-10/h4-7H,8-9H2,1-3H3,(H,15,16). The first-order valence-electron chi connectivity index (χ1n) is 5.78. The summed E-state index contributed by atoms with van der Waals surface area (Å²) in [6.07, 6.45) is 1.80. The molecule has 0 fully saturated rings. The fraction of sp³-hybridized carbons (Fsp3) is 0.385. The summed E-state index contributed by atoms with van der Waals surface area (Å²) in [5, 5.41) is 4.43. The van der Waals surface area contributed by atoms with Crippen LogP contribution < -0.4 is 5.32 Å². The van der Waals surface area contributed by atoms with E-state index in [4.69, 9.17) is 0 Å². The number of rotatable bonds is 4. The van der Waals surface area contributed by atoms with Gasteiger partial charge >= 0.3 is 0 Å². The van der Waals surface area contributed by atoms with Crippen LogP contribution in [0.1, 0.15) is 5.69 Å². The molecule has 17 heavy (non-hydrogen) atoms. The minimum absolute atomic E-state index is 0.898. The predicted octanol–water partition coefficient (Wildman–Crippen LogP) is 1.91. The molecule has 2 aromatic rings. The van der Waals surface area contributed by atoms with Gasteiger partial charge in [-0.25, -0.2) is 4.98 Å². The van der Waals surface area contributed by atoms with Crippen LogP contribution in [-0.4, -0.2) is 42.1 Å². The highest BCUT2D eigenvalue weighted by Crippen LogP contribution is 2.16. The maximum Gasteiger partial charge on any atom is 0.126 e. The lowest BCUT2D eigenvalue weighted by Gasteiger charge is -2.11. The fourth-order valence-electron chi connectivity index (χ4n) is 1.70. The van der Waals surface area contributed by atoms with Gasteiger partial charge in [-0.15, -0.1) is 0 Å². The van der Waals surface area contributed by atoms with Crippen LogP contribution in [0.5, 0.6) is 0 Å². The average molecular weight is 230 g/mol. The third-order valence-corrected chi connectivity index (χ3v) is 2.68. The van der Waals surface area contributed by atoms with Crippen molar-refractivity contribution in [2.45, 2.75) is 6.92 Å². The molecule has 0 bridgehead atoms. The van der Waals surface area contributed by atoms with Crippen LogP contribution in [0.25, 0.3) is 10.9 Å². The van der Waals surface area contributed by atoms with Crippen molar-refractivity contribution >= 4 is 16.7 Å². The zero-order valence-corrected chi connectivity index (χ0v) is 10.6. The number of fused-ring (bicyclic) bond motifs is 1. The van der Waals surface area contributed by atoms with Crippen LogP contribution >= 0.6 is 0 Å². The molecule has 4 nitrogen and oxygen atoms in total. The summed E-state index contributed by atoms with van der Waals surface area (Å²) >= 11 is 0. The first kappa shape index (κ1) is 11.8. The summed E-state index contributed by atoms with van der Waals surface area (Å²) in [6.45, 7) is 3.90. The second-order valence-corrected chi connectivity index (χ2v) is 4.39. The summed E-state index contributed by atoms with van der Waals surface area (Å²) in [4.78, 5) is 11.0. The molecule has 0 aromatic carbocycles. The molecule has 0 saturated carbocycles. The molecule has 2 aromatic heterocycles. The molecule has 0 atom stereocenters. The van der Waals surface area contributed by atoms with E-state index in [2.05, 4.69) is 40.3 Å². The molecule has 0 aliphatic carbocycles. The largest absolute Gasteiger partial charge is 0.369 e. The van der Waals surface area contributed by atoms with Gasteiger partial charge in [-0.2, -0.15) is 0 Å². The molecule has 0 radical (unpaired) electrons. The summed E-state index contributed by atoms with van der Waals surface area (Å²) in [6, 6.07) is 6.02. The molecule has 1 N–H and O–H groups in total. The van der Waals surface area contributed by atoms with E-state index < -0.39 is 0 Å². The Kier molecular flexibility index (Phi) is 3.54. The number of aryl methyl sites for hydroxylation is 1. The average Bonchev–Trinajstić information content (AvgIpc) is 2.29. The zero-order chi connectivity index (χ0) is 12.3. The molecule has 4 heteroatoms. The first-order valence-corrected chi connectivity index (χ1v) is 5.78. The van der Waals surface area contributed by atoms with Crippen molar-refractivity contribution in [1.82, 2.24) is 14.9 Å². The highest BCUT2D eigenvalue weighted by Gasteiger charge is 2.00. The molecule has 0 unspecified atom stereocenters. The molecular weight excluding hydrogens is 212 g/mol. The Bertz CT molecular complexity index is 508. The summed E-state index contributed by atoms with van der Waals surface area (Å²) in [7, 11) is 4.12. The lowest BCUT2D eigenvalue weighted by Crippen LogP contribution is -2.21. The summed E-state index contributed by atoms with van der Waals surface area (Å²) < 4.78 is 0. The first-order chi connectivity index (χ1) is 8.16. The van der Waals surface area contributed by atoms with Crippen LogP contribution in [0, 0.1) is 6.92 Å². The molecule has 0 aliphatic rings. The molecule has 0 aliphatic heterocycles. The van der Waals surface area contributed by atoms with Crippen molar-refractivity contribution in [2.75, 3.05) is 32.5 Å². The van der Waals surface area contributed by atoms with Gasteiger partial charge in [0.05, 0.1) is 5.52 Å². The summed E-state index contributed by atoms with van der Waals surface area (Å²) in [5.41, 5.74) is 2.02. The lowest BCUT2D eigenvalue weighted by atomic mass is 10.2. The van der Waals surface area contributed by atoms with E-state index in [0.29, 0.717) is 0 Å². The molecule has 2 heterocycles. The second-order valence-electron chi connectivity index (χ2n) is 4.39. The van der Waals surface area contributed by atoms with Gasteiger partial charge in [0.2, 0.25) is 0 Å². The topological polar surface area (TPSA) is 41.1 Å². The van der Waals surface area contributed by atoms with Crippen LogP contribution in [0.15, 0.2) is 24.4 Å². The minimum Gasteiger partial charge on any atom is -0.369 e. The fourth-order valence-corrected chi connectivity index (χ4v) is 1.70. The Morgan fingerprint density at radius 2 is 2.06 bits per heavy atom. The number of aromatic nitrogens is 2. The summed E-state index contributed by atoms with van der Waals surface area (Å²) in [5.74, 6) is 0.921. The maximum atomic E-state index is 4.56. The third kappa shape index (κ3) is 2.91. The Hall–Kier alpha value is -1.68. The Labute approximate surface area is 102 Å². The minimum atomic E-state index is 0.898. The van der Waals surface area contributed by atoms with Crippen molar-refractivity contribution in [3.8, 4) is 0 Å². The van der Waals surface area contributed by atoms with E-state index in [-0.39, 0.29) is 0 Å².